The zero-order chi connectivity index (χ0) is 11.5. The van der Waals surface area contributed by atoms with Gasteiger partial charge in [-0.1, -0.05) is 0 Å². The van der Waals surface area contributed by atoms with Crippen molar-refractivity contribution in [2.75, 3.05) is 0 Å². The third-order valence-corrected chi connectivity index (χ3v) is 3.29. The minimum Gasteiger partial charge on any atom is -0.350 e. The normalized spacial score (nSPS) is 41.2. The average molecular weight is 234 g/mol. The van der Waals surface area contributed by atoms with Crippen molar-refractivity contribution in [2.45, 2.75) is 49.2 Å². The summed E-state index contributed by atoms with van der Waals surface area (Å²) in [6.07, 6.45) is -11.8. The molecule has 0 atom stereocenters. The molecule has 0 N–H and O–H groups in total. The van der Waals surface area contributed by atoms with E-state index in [1.54, 1.807) is 0 Å². The van der Waals surface area contributed by atoms with Gasteiger partial charge in [0.1, 0.15) is 0 Å². The van der Waals surface area contributed by atoms with Crippen LogP contribution in [0.1, 0.15) is 25.7 Å². The van der Waals surface area contributed by atoms with Gasteiger partial charge in [0.05, 0.1) is 0 Å². The fourth-order valence-corrected chi connectivity index (χ4v) is 2.32. The second kappa shape index (κ2) is 2.61. The van der Waals surface area contributed by atoms with Crippen LogP contribution in [0.25, 0.3) is 0 Å². The van der Waals surface area contributed by atoms with Gasteiger partial charge in [0.15, 0.2) is 11.2 Å². The Hall–Kier alpha value is -0.460. The number of ether oxygens (including phenoxy) is 1. The van der Waals surface area contributed by atoms with Crippen molar-refractivity contribution in [2.24, 2.45) is 0 Å². The standard InChI is InChI=1S/C8H8F6O/c9-7(10,11)5-1-2-6(15-5,4-3-5)8(12,13)14/h1-4H2. The summed E-state index contributed by atoms with van der Waals surface area (Å²) in [7, 11) is 0. The molecule has 0 aliphatic carbocycles. The van der Waals surface area contributed by atoms with Gasteiger partial charge in [0.25, 0.3) is 0 Å². The van der Waals surface area contributed by atoms with Crippen LogP contribution in [0.3, 0.4) is 0 Å². The van der Waals surface area contributed by atoms with Crippen molar-refractivity contribution in [1.82, 2.24) is 0 Å². The molecule has 2 aliphatic heterocycles. The van der Waals surface area contributed by atoms with Crippen molar-refractivity contribution in [1.29, 1.82) is 0 Å². The molecule has 0 aromatic heterocycles. The van der Waals surface area contributed by atoms with Crippen molar-refractivity contribution in [3.8, 4) is 0 Å². The zero-order valence-corrected chi connectivity index (χ0v) is 7.50. The Balaban J connectivity index is 2.29. The second-order valence-electron chi connectivity index (χ2n) is 4.09. The van der Waals surface area contributed by atoms with Gasteiger partial charge in [-0.05, 0) is 25.7 Å². The molecule has 2 bridgehead atoms. The molecule has 2 heterocycles. The number of halogens is 6. The highest BCUT2D eigenvalue weighted by Crippen LogP contribution is 2.62. The van der Waals surface area contributed by atoms with Crippen LogP contribution < -0.4 is 0 Å². The molecule has 2 aliphatic rings. The minimum absolute atomic E-state index is 0.587. The van der Waals surface area contributed by atoms with Gasteiger partial charge in [-0.3, -0.25) is 0 Å². The van der Waals surface area contributed by atoms with Gasteiger partial charge in [0.2, 0.25) is 0 Å². The molecule has 1 nitrogen and oxygen atoms in total. The first kappa shape index (κ1) is 11.0. The van der Waals surface area contributed by atoms with E-state index in [0.717, 1.165) is 0 Å². The third kappa shape index (κ3) is 1.28. The van der Waals surface area contributed by atoms with Crippen LogP contribution in [-0.2, 0) is 4.74 Å². The number of fused-ring (bicyclic) bond motifs is 2. The number of rotatable bonds is 0. The lowest BCUT2D eigenvalue weighted by atomic mass is 9.81. The highest BCUT2D eigenvalue weighted by Gasteiger charge is 2.74. The van der Waals surface area contributed by atoms with E-state index in [1.807, 2.05) is 0 Å². The average Bonchev–Trinajstić information content (AvgIpc) is 2.57. The number of hydrogen-bond acceptors (Lipinski definition) is 1. The smallest absolute Gasteiger partial charge is 0.350 e. The molecule has 2 rings (SSSR count). The molecule has 0 saturated carbocycles. The molecule has 2 saturated heterocycles. The lowest BCUT2D eigenvalue weighted by Gasteiger charge is -2.27. The summed E-state index contributed by atoms with van der Waals surface area (Å²) in [5.74, 6) is 0. The maximum Gasteiger partial charge on any atom is 0.417 e. The topological polar surface area (TPSA) is 9.23 Å². The second-order valence-corrected chi connectivity index (χ2v) is 4.09. The van der Waals surface area contributed by atoms with E-state index in [4.69, 9.17) is 0 Å². The maximum absolute atomic E-state index is 12.5. The SMILES string of the molecule is FC(F)(F)C12CCC(C(F)(F)F)(CC1)O2. The first-order valence-corrected chi connectivity index (χ1v) is 4.46. The van der Waals surface area contributed by atoms with Gasteiger partial charge in [-0.15, -0.1) is 0 Å². The van der Waals surface area contributed by atoms with Crippen molar-refractivity contribution >= 4 is 0 Å². The molecular formula is C8H8F6O. The molecule has 0 unspecified atom stereocenters. The summed E-state index contributed by atoms with van der Waals surface area (Å²) < 4.78 is 79.4. The summed E-state index contributed by atoms with van der Waals surface area (Å²) >= 11 is 0. The summed E-state index contributed by atoms with van der Waals surface area (Å²) in [6.45, 7) is 0. The largest absolute Gasteiger partial charge is 0.417 e. The van der Waals surface area contributed by atoms with Crippen LogP contribution in [0.2, 0.25) is 0 Å². The molecule has 0 radical (unpaired) electrons. The number of hydrogen-bond donors (Lipinski definition) is 0. The quantitative estimate of drug-likeness (QED) is 0.585. The molecule has 7 heteroatoms. The Bertz CT molecular complexity index is 242. The van der Waals surface area contributed by atoms with E-state index in [0.29, 0.717) is 0 Å². The van der Waals surface area contributed by atoms with E-state index in [-0.39, 0.29) is 0 Å². The van der Waals surface area contributed by atoms with E-state index < -0.39 is 49.2 Å². The van der Waals surface area contributed by atoms with Crippen molar-refractivity contribution in [3.63, 3.8) is 0 Å². The van der Waals surface area contributed by atoms with Gasteiger partial charge in [0, 0.05) is 0 Å². The van der Waals surface area contributed by atoms with Crippen LogP contribution >= 0.6 is 0 Å². The van der Waals surface area contributed by atoms with Crippen LogP contribution in [0.5, 0.6) is 0 Å². The summed E-state index contributed by atoms with van der Waals surface area (Å²) in [5, 5.41) is 0. The van der Waals surface area contributed by atoms with E-state index >= 15 is 0 Å². The first-order chi connectivity index (χ1) is 6.62. The monoisotopic (exact) mass is 234 g/mol. The molecule has 15 heavy (non-hydrogen) atoms. The predicted octanol–water partition coefficient (Wildman–Crippen LogP) is 3.19. The molecule has 2 fully saturated rings. The molecule has 0 aromatic carbocycles. The summed E-state index contributed by atoms with van der Waals surface area (Å²) in [6, 6.07) is 0. The van der Waals surface area contributed by atoms with E-state index in [9.17, 15) is 26.3 Å². The van der Waals surface area contributed by atoms with Crippen LogP contribution in [-0.4, -0.2) is 23.6 Å². The Morgan fingerprint density at radius 2 is 0.933 bits per heavy atom. The van der Waals surface area contributed by atoms with Crippen molar-refractivity contribution in [3.05, 3.63) is 0 Å². The summed E-state index contributed by atoms with van der Waals surface area (Å²) in [5.41, 5.74) is -5.11. The minimum atomic E-state index is -4.71. The Labute approximate surface area is 81.4 Å². The lowest BCUT2D eigenvalue weighted by Crippen LogP contribution is -2.44. The third-order valence-electron chi connectivity index (χ3n) is 3.29. The Morgan fingerprint density at radius 3 is 1.07 bits per heavy atom. The fourth-order valence-electron chi connectivity index (χ4n) is 2.32. The lowest BCUT2D eigenvalue weighted by molar-refractivity contribution is -0.308. The fraction of sp³-hybridized carbons (Fsp3) is 1.00. The Kier molecular flexibility index (Phi) is 1.92. The molecule has 88 valence electrons. The molecule has 0 aromatic rings. The predicted molar refractivity (Wildman–Crippen MR) is 37.1 cm³/mol. The molecule has 0 spiro atoms. The highest BCUT2D eigenvalue weighted by molar-refractivity contribution is 5.11. The summed E-state index contributed by atoms with van der Waals surface area (Å²) in [4.78, 5) is 0. The zero-order valence-electron chi connectivity index (χ0n) is 7.50. The van der Waals surface area contributed by atoms with Crippen LogP contribution in [0.15, 0.2) is 0 Å². The van der Waals surface area contributed by atoms with E-state index in [1.165, 1.54) is 0 Å². The van der Waals surface area contributed by atoms with E-state index in [2.05, 4.69) is 4.74 Å². The first-order valence-electron chi connectivity index (χ1n) is 4.46. The van der Waals surface area contributed by atoms with Crippen molar-refractivity contribution < 1.29 is 31.1 Å². The van der Waals surface area contributed by atoms with Crippen LogP contribution in [0, 0.1) is 0 Å². The van der Waals surface area contributed by atoms with Gasteiger partial charge in [-0.25, -0.2) is 0 Å². The molecular weight excluding hydrogens is 226 g/mol. The van der Waals surface area contributed by atoms with Crippen LogP contribution in [0.4, 0.5) is 26.3 Å². The Morgan fingerprint density at radius 1 is 0.667 bits per heavy atom. The van der Waals surface area contributed by atoms with Gasteiger partial charge in [-0.2, -0.15) is 26.3 Å². The van der Waals surface area contributed by atoms with Gasteiger partial charge >= 0.3 is 12.4 Å². The van der Waals surface area contributed by atoms with Gasteiger partial charge < -0.3 is 4.74 Å². The molecule has 0 amide bonds. The highest BCUT2D eigenvalue weighted by atomic mass is 19.4. The number of alkyl halides is 6. The maximum atomic E-state index is 12.5.